The zero-order valence-corrected chi connectivity index (χ0v) is 7.96. The van der Waals surface area contributed by atoms with Crippen LogP contribution in [0, 0.1) is 0 Å². The van der Waals surface area contributed by atoms with Gasteiger partial charge in [-0.25, -0.2) is 4.99 Å². The van der Waals surface area contributed by atoms with Crippen LogP contribution in [0.15, 0.2) is 15.7 Å². The molecule has 4 nitrogen and oxygen atoms in total. The molecule has 1 heterocycles. The molecule has 0 amide bonds. The van der Waals surface area contributed by atoms with Crippen LogP contribution in [0.4, 0.5) is 5.82 Å². The average Bonchev–Trinajstić information content (AvgIpc) is 2.31. The van der Waals surface area contributed by atoms with Crippen molar-refractivity contribution in [3.05, 3.63) is 10.7 Å². The largest absolute Gasteiger partial charge is 0.369 e. The molecule has 0 spiro atoms. The fourth-order valence-corrected chi connectivity index (χ4v) is 0.837. The minimum Gasteiger partial charge on any atom is -0.369 e. The van der Waals surface area contributed by atoms with Crippen molar-refractivity contribution in [2.24, 2.45) is 4.99 Å². The Hall–Kier alpha value is -0.840. The van der Waals surface area contributed by atoms with E-state index in [0.29, 0.717) is 0 Å². The zero-order chi connectivity index (χ0) is 8.27. The third-order valence-electron chi connectivity index (χ3n) is 0.961. The topological polar surface area (TPSA) is 44.3 Å². The van der Waals surface area contributed by atoms with Crippen molar-refractivity contribution >= 4 is 28.1 Å². The molecular formula is C6H9BrN4. The first-order valence-electron chi connectivity index (χ1n) is 3.10. The van der Waals surface area contributed by atoms with E-state index in [4.69, 9.17) is 0 Å². The van der Waals surface area contributed by atoms with Crippen LogP contribution < -0.4 is 0 Å². The predicted molar refractivity (Wildman–Crippen MR) is 48.1 cm³/mol. The van der Waals surface area contributed by atoms with E-state index >= 15 is 0 Å². The fraction of sp³-hybridized carbons (Fsp3) is 0.333. The summed E-state index contributed by atoms with van der Waals surface area (Å²) < 4.78 is 0.767. The van der Waals surface area contributed by atoms with Crippen LogP contribution in [0.2, 0.25) is 0 Å². The van der Waals surface area contributed by atoms with Gasteiger partial charge >= 0.3 is 0 Å². The van der Waals surface area contributed by atoms with Crippen LogP contribution in [0.1, 0.15) is 0 Å². The van der Waals surface area contributed by atoms with Gasteiger partial charge in [0.1, 0.15) is 4.60 Å². The standard InChI is InChI=1S/C6H9BrN4/c1-11(2)4-8-6-3-5(7)9-10-6/h3-4H,1-2H3,(H,9,10)/b8-4+. The van der Waals surface area contributed by atoms with Crippen LogP contribution in [0.3, 0.4) is 0 Å². The summed E-state index contributed by atoms with van der Waals surface area (Å²) in [7, 11) is 3.82. The number of halogens is 1. The molecule has 0 aliphatic heterocycles. The van der Waals surface area contributed by atoms with Gasteiger partial charge in [-0.1, -0.05) is 0 Å². The minimum atomic E-state index is 0.741. The highest BCUT2D eigenvalue weighted by Gasteiger charge is 1.92. The molecule has 1 aromatic heterocycles. The van der Waals surface area contributed by atoms with Crippen LogP contribution in [-0.4, -0.2) is 35.5 Å². The number of H-pyrrole nitrogens is 1. The average molecular weight is 217 g/mol. The molecule has 0 bridgehead atoms. The van der Waals surface area contributed by atoms with E-state index in [1.165, 1.54) is 0 Å². The first kappa shape index (κ1) is 8.26. The molecule has 1 N–H and O–H groups in total. The summed E-state index contributed by atoms with van der Waals surface area (Å²) in [5.74, 6) is 0.741. The van der Waals surface area contributed by atoms with Crippen molar-refractivity contribution in [2.45, 2.75) is 0 Å². The minimum absolute atomic E-state index is 0.741. The number of aromatic amines is 1. The van der Waals surface area contributed by atoms with E-state index in [9.17, 15) is 0 Å². The number of aliphatic imine (C=N–C) groups is 1. The summed E-state index contributed by atoms with van der Waals surface area (Å²) >= 11 is 3.21. The van der Waals surface area contributed by atoms with Crippen molar-refractivity contribution in [1.82, 2.24) is 15.1 Å². The lowest BCUT2D eigenvalue weighted by Crippen LogP contribution is -2.06. The van der Waals surface area contributed by atoms with Gasteiger partial charge in [0.15, 0.2) is 5.82 Å². The van der Waals surface area contributed by atoms with E-state index in [-0.39, 0.29) is 0 Å². The first-order valence-corrected chi connectivity index (χ1v) is 3.89. The monoisotopic (exact) mass is 216 g/mol. The molecule has 0 aromatic carbocycles. The predicted octanol–water partition coefficient (Wildman–Crippen LogP) is 1.39. The molecule has 1 rings (SSSR count). The molecule has 0 aliphatic rings. The summed E-state index contributed by atoms with van der Waals surface area (Å²) in [4.78, 5) is 5.94. The smallest absolute Gasteiger partial charge is 0.150 e. The Bertz CT molecular complexity index is 253. The highest BCUT2D eigenvalue weighted by atomic mass is 79.9. The lowest BCUT2D eigenvalue weighted by molar-refractivity contribution is 0.643. The molecule has 0 unspecified atom stereocenters. The van der Waals surface area contributed by atoms with Crippen molar-refractivity contribution in [3.63, 3.8) is 0 Å². The number of nitrogens with one attached hydrogen (secondary N) is 1. The van der Waals surface area contributed by atoms with E-state index in [2.05, 4.69) is 31.1 Å². The summed E-state index contributed by atoms with van der Waals surface area (Å²) in [6, 6.07) is 1.81. The molecule has 0 fully saturated rings. The SMILES string of the molecule is CN(C)/C=N/c1cc(Br)n[nH]1. The molecule has 1 aromatic rings. The Morgan fingerprint density at radius 2 is 2.45 bits per heavy atom. The number of hydrogen-bond donors (Lipinski definition) is 1. The van der Waals surface area contributed by atoms with Gasteiger partial charge in [0, 0.05) is 20.2 Å². The molecule has 11 heavy (non-hydrogen) atoms. The van der Waals surface area contributed by atoms with Crippen molar-refractivity contribution < 1.29 is 0 Å². The van der Waals surface area contributed by atoms with Gasteiger partial charge in [0.25, 0.3) is 0 Å². The van der Waals surface area contributed by atoms with E-state index in [0.717, 1.165) is 10.4 Å². The second-order valence-corrected chi connectivity index (χ2v) is 3.10. The second kappa shape index (κ2) is 3.52. The normalized spacial score (nSPS) is 10.8. The van der Waals surface area contributed by atoms with E-state index in [1.807, 2.05) is 19.0 Å². The van der Waals surface area contributed by atoms with Crippen LogP contribution >= 0.6 is 15.9 Å². The Balaban J connectivity index is 2.64. The first-order chi connectivity index (χ1) is 5.18. The lowest BCUT2D eigenvalue weighted by Gasteiger charge is -1.99. The van der Waals surface area contributed by atoms with Gasteiger partial charge in [-0.05, 0) is 15.9 Å². The number of aromatic nitrogens is 2. The molecule has 0 saturated heterocycles. The maximum Gasteiger partial charge on any atom is 0.150 e. The summed E-state index contributed by atoms with van der Waals surface area (Å²) in [6.07, 6.45) is 1.71. The number of rotatable bonds is 2. The molecule has 0 atom stereocenters. The van der Waals surface area contributed by atoms with Crippen LogP contribution in [-0.2, 0) is 0 Å². The Labute approximate surface area is 73.4 Å². The zero-order valence-electron chi connectivity index (χ0n) is 6.37. The Kier molecular flexibility index (Phi) is 2.64. The Morgan fingerprint density at radius 3 is 2.91 bits per heavy atom. The molecule has 0 saturated carbocycles. The quantitative estimate of drug-likeness (QED) is 0.601. The van der Waals surface area contributed by atoms with Gasteiger partial charge in [-0.2, -0.15) is 5.10 Å². The summed E-state index contributed by atoms with van der Waals surface area (Å²) in [5.41, 5.74) is 0. The third-order valence-corrected chi connectivity index (χ3v) is 1.37. The highest BCUT2D eigenvalue weighted by molar-refractivity contribution is 9.10. The number of hydrogen-bond acceptors (Lipinski definition) is 2. The number of nitrogens with zero attached hydrogens (tertiary/aromatic N) is 3. The Morgan fingerprint density at radius 1 is 1.73 bits per heavy atom. The van der Waals surface area contributed by atoms with E-state index < -0.39 is 0 Å². The maximum absolute atomic E-state index is 4.08. The molecule has 0 radical (unpaired) electrons. The van der Waals surface area contributed by atoms with Gasteiger partial charge in [-0.15, -0.1) is 0 Å². The van der Waals surface area contributed by atoms with Gasteiger partial charge in [-0.3, -0.25) is 5.10 Å². The fourth-order valence-electron chi connectivity index (χ4n) is 0.532. The molecular weight excluding hydrogens is 208 g/mol. The van der Waals surface area contributed by atoms with Gasteiger partial charge in [0.2, 0.25) is 0 Å². The van der Waals surface area contributed by atoms with Crippen LogP contribution in [0.5, 0.6) is 0 Å². The summed E-state index contributed by atoms with van der Waals surface area (Å²) in [6.45, 7) is 0. The maximum atomic E-state index is 4.08. The van der Waals surface area contributed by atoms with Gasteiger partial charge in [0.05, 0.1) is 6.34 Å². The molecule has 0 aliphatic carbocycles. The van der Waals surface area contributed by atoms with Crippen molar-refractivity contribution in [3.8, 4) is 0 Å². The second-order valence-electron chi connectivity index (χ2n) is 2.28. The van der Waals surface area contributed by atoms with Crippen LogP contribution in [0.25, 0.3) is 0 Å². The van der Waals surface area contributed by atoms with Crippen molar-refractivity contribution in [2.75, 3.05) is 14.1 Å². The van der Waals surface area contributed by atoms with Crippen molar-refractivity contribution in [1.29, 1.82) is 0 Å². The molecule has 5 heteroatoms. The van der Waals surface area contributed by atoms with Gasteiger partial charge < -0.3 is 4.90 Å². The lowest BCUT2D eigenvalue weighted by atomic mass is 10.7. The highest BCUT2D eigenvalue weighted by Crippen LogP contribution is 2.12. The van der Waals surface area contributed by atoms with E-state index in [1.54, 1.807) is 12.4 Å². The summed E-state index contributed by atoms with van der Waals surface area (Å²) in [5, 5.41) is 6.59. The third kappa shape index (κ3) is 2.71. The molecule has 60 valence electrons.